The Balaban J connectivity index is 1.98. The van der Waals surface area contributed by atoms with Gasteiger partial charge in [-0.25, -0.2) is 0 Å². The minimum atomic E-state index is 1.17. The third-order valence-electron chi connectivity index (χ3n) is 4.94. The fraction of sp³-hybridized carbons (Fsp3) is 0.120. The molecule has 0 bridgehead atoms. The zero-order valence-electron chi connectivity index (χ0n) is 15.5. The molecule has 0 aliphatic rings. The molecule has 0 atom stereocenters. The second-order valence-corrected chi connectivity index (χ2v) is 6.95. The SMILES string of the molecule is Cc1ccc(N(c2ccc(C)cc2)c2ccc(C)c3ccccc23)cc1. The van der Waals surface area contributed by atoms with Crippen LogP contribution in [-0.2, 0) is 0 Å². The molecule has 0 saturated heterocycles. The normalized spacial score (nSPS) is 10.9. The number of fused-ring (bicyclic) bond motifs is 1. The van der Waals surface area contributed by atoms with Gasteiger partial charge in [0.25, 0.3) is 0 Å². The molecular formula is C25H23N. The van der Waals surface area contributed by atoms with Crippen molar-refractivity contribution >= 4 is 27.8 Å². The molecule has 0 N–H and O–H groups in total. The zero-order valence-corrected chi connectivity index (χ0v) is 15.5. The van der Waals surface area contributed by atoms with Crippen molar-refractivity contribution in [2.75, 3.05) is 4.90 Å². The molecule has 0 aromatic heterocycles. The van der Waals surface area contributed by atoms with Crippen molar-refractivity contribution in [3.63, 3.8) is 0 Å². The summed E-state index contributed by atoms with van der Waals surface area (Å²) in [4.78, 5) is 2.35. The summed E-state index contributed by atoms with van der Waals surface area (Å²) in [6, 6.07) is 30.6. The van der Waals surface area contributed by atoms with E-state index in [2.05, 4.69) is 111 Å². The fourth-order valence-corrected chi connectivity index (χ4v) is 3.44. The average molecular weight is 337 g/mol. The lowest BCUT2D eigenvalue weighted by Crippen LogP contribution is -2.10. The standard InChI is InChI=1S/C25H23N/c1-18-8-13-21(14-9-18)26(22-15-10-19(2)11-16-22)25-17-12-20(3)23-6-4-5-7-24(23)25/h4-17H,1-3H3. The molecule has 0 amide bonds. The van der Waals surface area contributed by atoms with Gasteiger partial charge in [0.15, 0.2) is 0 Å². The number of aryl methyl sites for hydroxylation is 3. The molecule has 0 spiro atoms. The van der Waals surface area contributed by atoms with Crippen molar-refractivity contribution in [2.24, 2.45) is 0 Å². The summed E-state index contributed by atoms with van der Waals surface area (Å²) in [7, 11) is 0. The van der Waals surface area contributed by atoms with Crippen LogP contribution in [0.3, 0.4) is 0 Å². The number of nitrogens with zero attached hydrogens (tertiary/aromatic N) is 1. The molecule has 26 heavy (non-hydrogen) atoms. The van der Waals surface area contributed by atoms with Crippen LogP contribution >= 0.6 is 0 Å². The van der Waals surface area contributed by atoms with Crippen LogP contribution in [-0.4, -0.2) is 0 Å². The largest absolute Gasteiger partial charge is 0.310 e. The highest BCUT2D eigenvalue weighted by Crippen LogP contribution is 2.39. The third-order valence-corrected chi connectivity index (χ3v) is 4.94. The number of rotatable bonds is 3. The number of benzene rings is 4. The molecule has 0 unspecified atom stereocenters. The van der Waals surface area contributed by atoms with Crippen LogP contribution in [0, 0.1) is 20.8 Å². The summed E-state index contributed by atoms with van der Waals surface area (Å²) in [5.41, 5.74) is 7.40. The quantitative estimate of drug-likeness (QED) is 0.381. The minimum Gasteiger partial charge on any atom is -0.310 e. The van der Waals surface area contributed by atoms with Crippen LogP contribution in [0.5, 0.6) is 0 Å². The summed E-state index contributed by atoms with van der Waals surface area (Å²) in [6.07, 6.45) is 0. The van der Waals surface area contributed by atoms with Crippen LogP contribution in [0.1, 0.15) is 16.7 Å². The maximum absolute atomic E-state index is 2.35. The Labute approximate surface area is 155 Å². The number of hydrogen-bond donors (Lipinski definition) is 0. The van der Waals surface area contributed by atoms with Gasteiger partial charge in [-0.15, -0.1) is 0 Å². The molecule has 1 nitrogen and oxygen atoms in total. The van der Waals surface area contributed by atoms with Crippen LogP contribution in [0.15, 0.2) is 84.9 Å². The van der Waals surface area contributed by atoms with Gasteiger partial charge in [0.05, 0.1) is 5.69 Å². The van der Waals surface area contributed by atoms with Crippen LogP contribution in [0.2, 0.25) is 0 Å². The minimum absolute atomic E-state index is 1.17. The van der Waals surface area contributed by atoms with Gasteiger partial charge in [-0.05, 0) is 62.1 Å². The Morgan fingerprint density at radius 2 is 1.00 bits per heavy atom. The van der Waals surface area contributed by atoms with Gasteiger partial charge in [-0.2, -0.15) is 0 Å². The second-order valence-electron chi connectivity index (χ2n) is 6.95. The fourth-order valence-electron chi connectivity index (χ4n) is 3.44. The Morgan fingerprint density at radius 3 is 1.54 bits per heavy atom. The first-order valence-electron chi connectivity index (χ1n) is 9.05. The number of anilines is 3. The Bertz CT molecular complexity index is 998. The van der Waals surface area contributed by atoms with Crippen molar-refractivity contribution in [2.45, 2.75) is 20.8 Å². The van der Waals surface area contributed by atoms with E-state index in [4.69, 9.17) is 0 Å². The molecule has 0 heterocycles. The van der Waals surface area contributed by atoms with Crippen molar-refractivity contribution < 1.29 is 0 Å². The molecule has 0 radical (unpaired) electrons. The van der Waals surface area contributed by atoms with Crippen molar-refractivity contribution in [1.29, 1.82) is 0 Å². The molecule has 0 aliphatic carbocycles. The highest BCUT2D eigenvalue weighted by molar-refractivity contribution is 6.00. The van der Waals surface area contributed by atoms with Gasteiger partial charge in [-0.1, -0.05) is 65.7 Å². The van der Waals surface area contributed by atoms with E-state index in [-0.39, 0.29) is 0 Å². The highest BCUT2D eigenvalue weighted by Gasteiger charge is 2.15. The van der Waals surface area contributed by atoms with Gasteiger partial charge in [0.2, 0.25) is 0 Å². The first kappa shape index (κ1) is 16.4. The van der Waals surface area contributed by atoms with Crippen LogP contribution < -0.4 is 4.90 Å². The Kier molecular flexibility index (Phi) is 4.22. The first-order chi connectivity index (χ1) is 12.6. The summed E-state index contributed by atoms with van der Waals surface area (Å²) in [6.45, 7) is 6.43. The smallest absolute Gasteiger partial charge is 0.0540 e. The van der Waals surface area contributed by atoms with Gasteiger partial charge < -0.3 is 4.90 Å². The first-order valence-corrected chi connectivity index (χ1v) is 9.05. The van der Waals surface area contributed by atoms with E-state index in [0.29, 0.717) is 0 Å². The maximum Gasteiger partial charge on any atom is 0.0540 e. The van der Waals surface area contributed by atoms with E-state index in [1.54, 1.807) is 0 Å². The molecule has 4 aromatic carbocycles. The van der Waals surface area contributed by atoms with Crippen LogP contribution in [0.25, 0.3) is 10.8 Å². The van der Waals surface area contributed by atoms with Crippen molar-refractivity contribution in [3.05, 3.63) is 102 Å². The van der Waals surface area contributed by atoms with E-state index in [1.807, 2.05) is 0 Å². The average Bonchev–Trinajstić information content (AvgIpc) is 2.67. The maximum atomic E-state index is 2.35. The van der Waals surface area contributed by atoms with E-state index in [9.17, 15) is 0 Å². The highest BCUT2D eigenvalue weighted by atomic mass is 15.1. The van der Waals surface area contributed by atoms with Crippen LogP contribution in [0.4, 0.5) is 17.1 Å². The van der Waals surface area contributed by atoms with Crippen molar-refractivity contribution in [1.82, 2.24) is 0 Å². The lowest BCUT2D eigenvalue weighted by Gasteiger charge is -2.27. The van der Waals surface area contributed by atoms with Gasteiger partial charge in [0.1, 0.15) is 0 Å². The summed E-state index contributed by atoms with van der Waals surface area (Å²) < 4.78 is 0. The molecule has 128 valence electrons. The molecule has 0 saturated carbocycles. The molecular weight excluding hydrogens is 314 g/mol. The van der Waals surface area contributed by atoms with E-state index >= 15 is 0 Å². The number of hydrogen-bond acceptors (Lipinski definition) is 1. The lowest BCUT2D eigenvalue weighted by atomic mass is 10.0. The summed E-state index contributed by atoms with van der Waals surface area (Å²) >= 11 is 0. The molecule has 0 aliphatic heterocycles. The second kappa shape index (κ2) is 6.68. The predicted molar refractivity (Wildman–Crippen MR) is 113 cm³/mol. The lowest BCUT2D eigenvalue weighted by molar-refractivity contribution is 1.28. The van der Waals surface area contributed by atoms with Gasteiger partial charge in [-0.3, -0.25) is 0 Å². The van der Waals surface area contributed by atoms with E-state index in [0.717, 1.165) is 0 Å². The van der Waals surface area contributed by atoms with Crippen molar-refractivity contribution in [3.8, 4) is 0 Å². The topological polar surface area (TPSA) is 3.24 Å². The van der Waals surface area contributed by atoms with E-state index in [1.165, 1.54) is 44.5 Å². The zero-order chi connectivity index (χ0) is 18.1. The Hall–Kier alpha value is -3.06. The molecule has 4 aromatic rings. The molecule has 0 fully saturated rings. The third kappa shape index (κ3) is 2.97. The van der Waals surface area contributed by atoms with E-state index < -0.39 is 0 Å². The Morgan fingerprint density at radius 1 is 0.500 bits per heavy atom. The molecule has 4 rings (SSSR count). The summed E-state index contributed by atoms with van der Waals surface area (Å²) in [5, 5.41) is 2.57. The summed E-state index contributed by atoms with van der Waals surface area (Å²) in [5.74, 6) is 0. The monoisotopic (exact) mass is 337 g/mol. The van der Waals surface area contributed by atoms with Gasteiger partial charge in [0, 0.05) is 16.8 Å². The predicted octanol–water partition coefficient (Wildman–Crippen LogP) is 7.23. The molecule has 1 heteroatoms. The van der Waals surface area contributed by atoms with Gasteiger partial charge >= 0.3 is 0 Å².